The van der Waals surface area contributed by atoms with Gasteiger partial charge in [0.05, 0.1) is 9.82 Å². The van der Waals surface area contributed by atoms with E-state index in [2.05, 4.69) is 10.2 Å². The molecule has 2 aromatic carbocycles. The van der Waals surface area contributed by atoms with E-state index in [1.54, 1.807) is 24.3 Å². The number of aromatic nitrogens is 2. The third kappa shape index (κ3) is 3.63. The second kappa shape index (κ2) is 6.32. The highest BCUT2D eigenvalue weighted by atomic mass is 32.2. The molecule has 9 nitrogen and oxygen atoms in total. The number of nitro groups is 1. The maximum atomic E-state index is 11.6. The van der Waals surface area contributed by atoms with Crippen molar-refractivity contribution in [3.63, 3.8) is 0 Å². The summed E-state index contributed by atoms with van der Waals surface area (Å²) in [4.78, 5) is 10.4. The zero-order valence-corrected chi connectivity index (χ0v) is 13.6. The molecule has 0 atom stereocenters. The van der Waals surface area contributed by atoms with Crippen molar-refractivity contribution < 1.29 is 22.5 Å². The lowest BCUT2D eigenvalue weighted by molar-refractivity contribution is -0.385. The van der Waals surface area contributed by atoms with Gasteiger partial charge in [-0.1, -0.05) is 6.07 Å². The van der Waals surface area contributed by atoms with Crippen LogP contribution in [0.5, 0.6) is 11.5 Å². The van der Waals surface area contributed by atoms with E-state index in [1.165, 1.54) is 18.5 Å². The minimum atomic E-state index is -3.57. The molecule has 0 aliphatic heterocycles. The summed E-state index contributed by atoms with van der Waals surface area (Å²) in [5.41, 5.74) is 0.122. The lowest BCUT2D eigenvalue weighted by Crippen LogP contribution is -2.00. The number of benzene rings is 2. The van der Waals surface area contributed by atoms with Crippen LogP contribution in [-0.2, 0) is 9.84 Å². The fraction of sp³-hybridized carbons (Fsp3) is 0.0667. The van der Waals surface area contributed by atoms with E-state index >= 15 is 0 Å². The quantitative estimate of drug-likeness (QED) is 0.501. The molecule has 10 heteroatoms. The van der Waals surface area contributed by atoms with Gasteiger partial charge in [0, 0.05) is 17.9 Å². The number of ether oxygens (including phenoxy) is 1. The Hall–Kier alpha value is -3.27. The highest BCUT2D eigenvalue weighted by Crippen LogP contribution is 2.34. The lowest BCUT2D eigenvalue weighted by Gasteiger charge is -2.08. The van der Waals surface area contributed by atoms with Gasteiger partial charge in [0.1, 0.15) is 5.75 Å². The van der Waals surface area contributed by atoms with Crippen LogP contribution in [0.25, 0.3) is 11.5 Å². The molecule has 0 saturated heterocycles. The number of nitrogens with zero attached hydrogens (tertiary/aromatic N) is 3. The molecule has 0 radical (unpaired) electrons. The number of rotatable bonds is 5. The molecule has 25 heavy (non-hydrogen) atoms. The van der Waals surface area contributed by atoms with Gasteiger partial charge in [-0.2, -0.15) is 0 Å². The van der Waals surface area contributed by atoms with E-state index < -0.39 is 20.4 Å². The summed E-state index contributed by atoms with van der Waals surface area (Å²) in [6, 6.07) is 9.99. The van der Waals surface area contributed by atoms with Gasteiger partial charge in [-0.15, -0.1) is 10.2 Å². The van der Waals surface area contributed by atoms with E-state index in [1.807, 2.05) is 0 Å². The molecule has 0 aliphatic rings. The average molecular weight is 361 g/mol. The van der Waals surface area contributed by atoms with Gasteiger partial charge < -0.3 is 9.15 Å². The summed E-state index contributed by atoms with van der Waals surface area (Å²) >= 11 is 0. The second-order valence-corrected chi connectivity index (χ2v) is 7.05. The van der Waals surface area contributed by atoms with Crippen molar-refractivity contribution in [3.05, 3.63) is 59.0 Å². The van der Waals surface area contributed by atoms with Crippen LogP contribution < -0.4 is 4.74 Å². The summed E-state index contributed by atoms with van der Waals surface area (Å²) in [5, 5.41) is 18.6. The fourth-order valence-electron chi connectivity index (χ4n) is 2.08. The predicted molar refractivity (Wildman–Crippen MR) is 86.0 cm³/mol. The molecule has 0 amide bonds. The maximum absolute atomic E-state index is 11.6. The molecule has 0 saturated carbocycles. The summed E-state index contributed by atoms with van der Waals surface area (Å²) < 4.78 is 33.8. The van der Waals surface area contributed by atoms with Gasteiger partial charge >= 0.3 is 5.69 Å². The van der Waals surface area contributed by atoms with Crippen LogP contribution in [-0.4, -0.2) is 29.8 Å². The zero-order chi connectivity index (χ0) is 18.0. The lowest BCUT2D eigenvalue weighted by atomic mass is 10.2. The minimum absolute atomic E-state index is 0.0833. The second-order valence-electron chi connectivity index (χ2n) is 5.03. The molecule has 128 valence electrons. The summed E-state index contributed by atoms with van der Waals surface area (Å²) in [6.07, 6.45) is 2.15. The third-order valence-electron chi connectivity index (χ3n) is 3.22. The molecule has 1 aromatic heterocycles. The van der Waals surface area contributed by atoms with Gasteiger partial charge in [-0.05, 0) is 30.3 Å². The average Bonchev–Trinajstić information content (AvgIpc) is 3.09. The molecule has 0 fully saturated rings. The Morgan fingerprint density at radius 1 is 1.20 bits per heavy atom. The zero-order valence-electron chi connectivity index (χ0n) is 12.8. The SMILES string of the molecule is CS(=O)(=O)c1ccc(Oc2cccc(-c3nnco3)c2)c([N+](=O)[O-])c1. The number of sulfone groups is 1. The van der Waals surface area contributed by atoms with Crippen LogP contribution >= 0.6 is 0 Å². The topological polar surface area (TPSA) is 125 Å². The van der Waals surface area contributed by atoms with Crippen LogP contribution in [0.4, 0.5) is 5.69 Å². The summed E-state index contributed by atoms with van der Waals surface area (Å²) in [5.74, 6) is 0.485. The smallest absolute Gasteiger partial charge is 0.312 e. The number of hydrogen-bond donors (Lipinski definition) is 0. The molecule has 0 unspecified atom stereocenters. The van der Waals surface area contributed by atoms with E-state index in [0.717, 1.165) is 12.3 Å². The third-order valence-corrected chi connectivity index (χ3v) is 4.33. The van der Waals surface area contributed by atoms with Crippen molar-refractivity contribution in [2.45, 2.75) is 4.90 Å². The van der Waals surface area contributed by atoms with Gasteiger partial charge in [0.2, 0.25) is 18.0 Å². The van der Waals surface area contributed by atoms with Gasteiger partial charge in [0.25, 0.3) is 0 Å². The molecule has 0 N–H and O–H groups in total. The van der Waals surface area contributed by atoms with E-state index in [0.29, 0.717) is 11.3 Å². The van der Waals surface area contributed by atoms with E-state index in [4.69, 9.17) is 9.15 Å². The summed E-state index contributed by atoms with van der Waals surface area (Å²) in [6.45, 7) is 0. The maximum Gasteiger partial charge on any atom is 0.312 e. The highest BCUT2D eigenvalue weighted by Gasteiger charge is 2.20. The molecule has 3 rings (SSSR count). The first kappa shape index (κ1) is 16.6. The van der Waals surface area contributed by atoms with Crippen molar-refractivity contribution in [3.8, 4) is 23.0 Å². The van der Waals surface area contributed by atoms with Gasteiger partial charge in [-0.25, -0.2) is 8.42 Å². The van der Waals surface area contributed by atoms with Crippen molar-refractivity contribution in [2.24, 2.45) is 0 Å². The Bertz CT molecular complexity index is 1030. The Kier molecular flexibility index (Phi) is 4.19. The molecule has 1 heterocycles. The molecule has 0 spiro atoms. The Morgan fingerprint density at radius 3 is 2.64 bits per heavy atom. The van der Waals surface area contributed by atoms with Crippen molar-refractivity contribution in [1.82, 2.24) is 10.2 Å². The summed E-state index contributed by atoms with van der Waals surface area (Å²) in [7, 11) is -3.57. The molecule has 3 aromatic rings. The molecule has 0 bridgehead atoms. The molecular formula is C15H11N3O6S. The Balaban J connectivity index is 1.98. The Labute approximate surface area is 142 Å². The van der Waals surface area contributed by atoms with Crippen LogP contribution in [0.2, 0.25) is 0 Å². The van der Waals surface area contributed by atoms with Crippen molar-refractivity contribution in [1.29, 1.82) is 0 Å². The first-order valence-electron chi connectivity index (χ1n) is 6.87. The first-order chi connectivity index (χ1) is 11.8. The van der Waals surface area contributed by atoms with Crippen molar-refractivity contribution >= 4 is 15.5 Å². The molecular weight excluding hydrogens is 350 g/mol. The van der Waals surface area contributed by atoms with Crippen LogP contribution in [0.15, 0.2) is 58.2 Å². The predicted octanol–water partition coefficient (Wildman–Crippen LogP) is 2.84. The Morgan fingerprint density at radius 2 is 2.00 bits per heavy atom. The molecule has 0 aliphatic carbocycles. The van der Waals surface area contributed by atoms with Crippen LogP contribution in [0.1, 0.15) is 0 Å². The first-order valence-corrected chi connectivity index (χ1v) is 8.77. The van der Waals surface area contributed by atoms with Crippen LogP contribution in [0.3, 0.4) is 0 Å². The van der Waals surface area contributed by atoms with E-state index in [-0.39, 0.29) is 16.5 Å². The number of hydrogen-bond acceptors (Lipinski definition) is 8. The van der Waals surface area contributed by atoms with Crippen molar-refractivity contribution in [2.75, 3.05) is 6.26 Å². The minimum Gasteiger partial charge on any atom is -0.450 e. The monoisotopic (exact) mass is 361 g/mol. The van der Waals surface area contributed by atoms with Gasteiger partial charge in [0.15, 0.2) is 9.84 Å². The standard InChI is InChI=1S/C15H11N3O6S/c1-25(21,22)12-5-6-14(13(8-12)18(19)20)24-11-4-2-3-10(7-11)15-17-16-9-23-15/h2-9H,1H3. The highest BCUT2D eigenvalue weighted by molar-refractivity contribution is 7.90. The number of nitro benzene ring substituents is 1. The van der Waals surface area contributed by atoms with E-state index in [9.17, 15) is 18.5 Å². The van der Waals surface area contributed by atoms with Crippen LogP contribution in [0, 0.1) is 10.1 Å². The normalized spacial score (nSPS) is 11.2. The fourth-order valence-corrected chi connectivity index (χ4v) is 2.72. The largest absolute Gasteiger partial charge is 0.450 e. The van der Waals surface area contributed by atoms with Gasteiger partial charge in [-0.3, -0.25) is 10.1 Å².